The van der Waals surface area contributed by atoms with Gasteiger partial charge in [-0.05, 0) is 6.92 Å². The molecule has 128 valence electrons. The molecule has 0 N–H and O–H groups in total. The summed E-state index contributed by atoms with van der Waals surface area (Å²) < 4.78 is 7.21. The molecule has 2 aromatic rings. The predicted octanol–water partition coefficient (Wildman–Crippen LogP) is 0.798. The average Bonchev–Trinajstić information content (AvgIpc) is 3.00. The van der Waals surface area contributed by atoms with Crippen molar-refractivity contribution in [2.75, 3.05) is 38.8 Å². The molecule has 2 aromatic heterocycles. The van der Waals surface area contributed by atoms with Gasteiger partial charge in [0.25, 0.3) is 5.91 Å². The molecule has 1 saturated heterocycles. The average molecular weight is 330 g/mol. The fraction of sp³-hybridized carbons (Fsp3) is 0.500. The smallest absolute Gasteiger partial charge is 0.257 e. The molecule has 3 rings (SSSR count). The quantitative estimate of drug-likeness (QED) is 0.828. The number of aryl methyl sites for hydroxylation is 2. The van der Waals surface area contributed by atoms with Crippen molar-refractivity contribution in [3.63, 3.8) is 0 Å². The predicted molar refractivity (Wildman–Crippen MR) is 88.9 cm³/mol. The minimum atomic E-state index is -0.301. The van der Waals surface area contributed by atoms with Crippen molar-refractivity contribution in [1.82, 2.24) is 24.6 Å². The third-order valence-corrected chi connectivity index (χ3v) is 3.96. The van der Waals surface area contributed by atoms with Gasteiger partial charge in [0.05, 0.1) is 25.0 Å². The minimum Gasteiger partial charge on any atom is -0.377 e. The van der Waals surface area contributed by atoms with Crippen LogP contribution in [0.2, 0.25) is 0 Å². The molecule has 1 amide bonds. The number of ether oxygens (including phenoxy) is 1. The van der Waals surface area contributed by atoms with E-state index in [0.717, 1.165) is 11.5 Å². The van der Waals surface area contributed by atoms with E-state index >= 15 is 0 Å². The van der Waals surface area contributed by atoms with Gasteiger partial charge in [-0.25, -0.2) is 9.97 Å². The molecule has 0 aliphatic carbocycles. The lowest BCUT2D eigenvalue weighted by Gasteiger charge is -2.34. The van der Waals surface area contributed by atoms with Gasteiger partial charge >= 0.3 is 0 Å². The Morgan fingerprint density at radius 2 is 2.17 bits per heavy atom. The van der Waals surface area contributed by atoms with Gasteiger partial charge in [-0.1, -0.05) is 0 Å². The second kappa shape index (κ2) is 6.56. The largest absolute Gasteiger partial charge is 0.377 e. The van der Waals surface area contributed by atoms with Crippen LogP contribution in [0.4, 0.5) is 5.82 Å². The number of hydrogen-bond acceptors (Lipinski definition) is 6. The van der Waals surface area contributed by atoms with Crippen LogP contribution < -0.4 is 4.90 Å². The normalized spacial score (nSPS) is 17.8. The van der Waals surface area contributed by atoms with Crippen molar-refractivity contribution in [1.29, 1.82) is 0 Å². The Morgan fingerprint density at radius 1 is 1.38 bits per heavy atom. The maximum Gasteiger partial charge on any atom is 0.257 e. The van der Waals surface area contributed by atoms with Crippen LogP contribution in [0.25, 0.3) is 0 Å². The number of aromatic nitrogens is 4. The summed E-state index contributed by atoms with van der Waals surface area (Å²) in [5.74, 6) is 1.35. The fourth-order valence-corrected chi connectivity index (χ4v) is 2.71. The first-order chi connectivity index (χ1) is 11.5. The second-order valence-electron chi connectivity index (χ2n) is 6.11. The highest BCUT2D eigenvalue weighted by atomic mass is 16.5. The van der Waals surface area contributed by atoms with Crippen molar-refractivity contribution in [3.05, 3.63) is 35.5 Å². The third kappa shape index (κ3) is 3.23. The molecule has 1 atom stereocenters. The van der Waals surface area contributed by atoms with E-state index in [-0.39, 0.29) is 11.9 Å². The fourth-order valence-electron chi connectivity index (χ4n) is 2.71. The molecule has 1 aliphatic heterocycles. The lowest BCUT2D eigenvalue weighted by atomic mass is 10.1. The zero-order valence-electron chi connectivity index (χ0n) is 14.4. The van der Waals surface area contributed by atoms with Crippen LogP contribution in [0.5, 0.6) is 0 Å². The van der Waals surface area contributed by atoms with Crippen LogP contribution >= 0.6 is 0 Å². The topological polar surface area (TPSA) is 76.4 Å². The van der Waals surface area contributed by atoms with Gasteiger partial charge in [-0.2, -0.15) is 5.10 Å². The van der Waals surface area contributed by atoms with Crippen LogP contribution in [0.3, 0.4) is 0 Å². The molecule has 24 heavy (non-hydrogen) atoms. The molecule has 1 unspecified atom stereocenters. The first-order valence-electron chi connectivity index (χ1n) is 7.86. The Balaban J connectivity index is 1.94. The van der Waals surface area contributed by atoms with Crippen molar-refractivity contribution in [3.8, 4) is 0 Å². The second-order valence-corrected chi connectivity index (χ2v) is 6.11. The SMILES string of the molecule is Cc1cc(N(C)C)nc(C2COCCN2C(=O)c2cnn(C)c2)n1. The van der Waals surface area contributed by atoms with E-state index in [1.165, 1.54) is 0 Å². The number of carbonyl (C=O) groups excluding carboxylic acids is 1. The van der Waals surface area contributed by atoms with E-state index in [0.29, 0.717) is 31.1 Å². The van der Waals surface area contributed by atoms with Crippen LogP contribution in [-0.2, 0) is 11.8 Å². The Bertz CT molecular complexity index is 742. The van der Waals surface area contributed by atoms with Crippen LogP contribution in [0.1, 0.15) is 27.9 Å². The van der Waals surface area contributed by atoms with E-state index < -0.39 is 0 Å². The molecule has 1 aliphatic rings. The molecule has 8 nitrogen and oxygen atoms in total. The summed E-state index contributed by atoms with van der Waals surface area (Å²) in [4.78, 5) is 25.7. The van der Waals surface area contributed by atoms with E-state index in [1.807, 2.05) is 32.0 Å². The molecule has 0 radical (unpaired) electrons. The highest BCUT2D eigenvalue weighted by molar-refractivity contribution is 5.94. The summed E-state index contributed by atoms with van der Waals surface area (Å²) in [5, 5.41) is 4.08. The lowest BCUT2D eigenvalue weighted by Crippen LogP contribution is -2.44. The standard InChI is InChI=1S/C16H22N6O2/c1-11-7-14(20(2)3)19-15(18-11)13-10-24-6-5-22(13)16(23)12-8-17-21(4)9-12/h7-9,13H,5-6,10H2,1-4H3. The van der Waals surface area contributed by atoms with E-state index in [1.54, 1.807) is 29.0 Å². The zero-order valence-corrected chi connectivity index (χ0v) is 14.4. The van der Waals surface area contributed by atoms with E-state index in [4.69, 9.17) is 4.74 Å². The summed E-state index contributed by atoms with van der Waals surface area (Å²) >= 11 is 0. The van der Waals surface area contributed by atoms with Gasteiger partial charge in [0, 0.05) is 45.6 Å². The lowest BCUT2D eigenvalue weighted by molar-refractivity contribution is -0.00524. The van der Waals surface area contributed by atoms with Crippen molar-refractivity contribution in [2.24, 2.45) is 7.05 Å². The zero-order chi connectivity index (χ0) is 17.3. The first-order valence-corrected chi connectivity index (χ1v) is 7.86. The Labute approximate surface area is 141 Å². The summed E-state index contributed by atoms with van der Waals surface area (Å²) in [6, 6.07) is 1.62. The number of hydrogen-bond donors (Lipinski definition) is 0. The molecule has 0 bridgehead atoms. The molecule has 8 heteroatoms. The van der Waals surface area contributed by atoms with Gasteiger partial charge in [0.2, 0.25) is 0 Å². The molecule has 0 aromatic carbocycles. The van der Waals surface area contributed by atoms with Crippen molar-refractivity contribution < 1.29 is 9.53 Å². The van der Waals surface area contributed by atoms with Gasteiger partial charge < -0.3 is 14.5 Å². The maximum absolute atomic E-state index is 12.9. The van der Waals surface area contributed by atoms with Crippen molar-refractivity contribution in [2.45, 2.75) is 13.0 Å². The number of carbonyl (C=O) groups is 1. The monoisotopic (exact) mass is 330 g/mol. The number of rotatable bonds is 3. The maximum atomic E-state index is 12.9. The minimum absolute atomic E-state index is 0.0760. The van der Waals surface area contributed by atoms with Gasteiger partial charge in [0.1, 0.15) is 11.9 Å². The molecule has 0 spiro atoms. The molecular formula is C16H22N6O2. The highest BCUT2D eigenvalue weighted by Gasteiger charge is 2.32. The Kier molecular flexibility index (Phi) is 4.48. The number of nitrogens with zero attached hydrogens (tertiary/aromatic N) is 6. The highest BCUT2D eigenvalue weighted by Crippen LogP contribution is 2.25. The molecular weight excluding hydrogens is 308 g/mol. The van der Waals surface area contributed by atoms with E-state index in [2.05, 4.69) is 15.1 Å². The Hall–Kier alpha value is -2.48. The molecule has 3 heterocycles. The van der Waals surface area contributed by atoms with Crippen LogP contribution in [-0.4, -0.2) is 64.4 Å². The van der Waals surface area contributed by atoms with Gasteiger partial charge in [-0.3, -0.25) is 9.48 Å². The van der Waals surface area contributed by atoms with Crippen LogP contribution in [0.15, 0.2) is 18.5 Å². The summed E-state index contributed by atoms with van der Waals surface area (Å²) in [6.45, 7) is 3.33. The molecule has 0 saturated carbocycles. The number of amides is 1. The Morgan fingerprint density at radius 3 is 2.83 bits per heavy atom. The number of anilines is 1. The summed E-state index contributed by atoms with van der Waals surface area (Å²) in [6.07, 6.45) is 3.30. The van der Waals surface area contributed by atoms with E-state index in [9.17, 15) is 4.79 Å². The van der Waals surface area contributed by atoms with Crippen molar-refractivity contribution >= 4 is 11.7 Å². The van der Waals surface area contributed by atoms with Gasteiger partial charge in [0.15, 0.2) is 5.82 Å². The summed E-state index contributed by atoms with van der Waals surface area (Å²) in [7, 11) is 5.66. The van der Waals surface area contributed by atoms with Crippen LogP contribution in [0, 0.1) is 6.92 Å². The first kappa shape index (κ1) is 16.4. The summed E-state index contributed by atoms with van der Waals surface area (Å²) in [5.41, 5.74) is 1.42. The molecule has 1 fully saturated rings. The van der Waals surface area contributed by atoms with Gasteiger partial charge in [-0.15, -0.1) is 0 Å². The number of morpholine rings is 1. The third-order valence-electron chi connectivity index (χ3n) is 3.96.